The fraction of sp³-hybridized carbons (Fsp3) is 0.190. The highest BCUT2D eigenvalue weighted by Crippen LogP contribution is 2.24. The van der Waals surface area contributed by atoms with E-state index in [2.05, 4.69) is 10.6 Å². The molecule has 6 nitrogen and oxygen atoms in total. The summed E-state index contributed by atoms with van der Waals surface area (Å²) in [5.74, 6) is -1.19. The second-order valence-electron chi connectivity index (χ2n) is 6.35. The molecule has 0 spiro atoms. The molecule has 0 saturated heterocycles. The van der Waals surface area contributed by atoms with Crippen LogP contribution in [-0.4, -0.2) is 42.3 Å². The highest BCUT2D eigenvalue weighted by molar-refractivity contribution is 6.42. The van der Waals surface area contributed by atoms with E-state index in [1.165, 1.54) is 24.1 Å². The molecule has 29 heavy (non-hydrogen) atoms. The molecule has 0 bridgehead atoms. The maximum absolute atomic E-state index is 12.4. The summed E-state index contributed by atoms with van der Waals surface area (Å²) >= 11 is 11.8. The minimum absolute atomic E-state index is 0.181. The number of nitrogens with one attached hydrogen (secondary N) is 2. The molecule has 3 amide bonds. The number of anilines is 1. The first-order valence-corrected chi connectivity index (χ1v) is 9.55. The number of likely N-dealkylation sites (N-methyl/N-ethyl adjacent to an activating group) is 1. The Morgan fingerprint density at radius 1 is 1.07 bits per heavy atom. The van der Waals surface area contributed by atoms with Gasteiger partial charge in [-0.3, -0.25) is 14.4 Å². The summed E-state index contributed by atoms with van der Waals surface area (Å²) < 4.78 is 0. The summed E-state index contributed by atoms with van der Waals surface area (Å²) in [6, 6.07) is 13.2. The standard InChI is InChI=1S/C21H21Cl2N3O3/c1-14(24-19(27)11-8-15-6-4-3-5-7-15)21(29)26(2)13-20(28)25-16-9-10-17(22)18(23)12-16/h3-12,14H,13H2,1-2H3,(H,24,27)(H,25,28)/b11-8+. The highest BCUT2D eigenvalue weighted by Gasteiger charge is 2.20. The maximum atomic E-state index is 12.4. The summed E-state index contributed by atoms with van der Waals surface area (Å²) in [4.78, 5) is 37.8. The molecule has 0 aliphatic heterocycles. The van der Waals surface area contributed by atoms with Gasteiger partial charge in [0.2, 0.25) is 17.7 Å². The van der Waals surface area contributed by atoms with Crippen molar-refractivity contribution in [2.75, 3.05) is 18.9 Å². The minimum atomic E-state index is -0.786. The van der Waals surface area contributed by atoms with Crippen molar-refractivity contribution < 1.29 is 14.4 Å². The van der Waals surface area contributed by atoms with Gasteiger partial charge in [-0.2, -0.15) is 0 Å². The molecule has 2 aromatic carbocycles. The van der Waals surface area contributed by atoms with Crippen molar-refractivity contribution in [2.45, 2.75) is 13.0 Å². The van der Waals surface area contributed by atoms with Crippen LogP contribution < -0.4 is 10.6 Å². The summed E-state index contributed by atoms with van der Waals surface area (Å²) in [5.41, 5.74) is 1.34. The molecule has 0 aliphatic rings. The molecule has 0 fully saturated rings. The highest BCUT2D eigenvalue weighted by atomic mass is 35.5. The van der Waals surface area contributed by atoms with Crippen LogP contribution >= 0.6 is 23.2 Å². The second-order valence-corrected chi connectivity index (χ2v) is 7.16. The van der Waals surface area contributed by atoms with Crippen LogP contribution in [0.25, 0.3) is 6.08 Å². The lowest BCUT2D eigenvalue weighted by molar-refractivity contribution is -0.136. The Kier molecular flexibility index (Phi) is 8.24. The predicted molar refractivity (Wildman–Crippen MR) is 116 cm³/mol. The Bertz CT molecular complexity index is 917. The van der Waals surface area contributed by atoms with Crippen LogP contribution in [0, 0.1) is 0 Å². The van der Waals surface area contributed by atoms with Crippen LogP contribution in [0.1, 0.15) is 12.5 Å². The van der Waals surface area contributed by atoms with Crippen molar-refractivity contribution >= 4 is 52.7 Å². The molecule has 2 aromatic rings. The first kappa shape index (κ1) is 22.5. The quantitative estimate of drug-likeness (QED) is 0.654. The third-order valence-corrected chi connectivity index (χ3v) is 4.66. The molecular weight excluding hydrogens is 413 g/mol. The summed E-state index contributed by atoms with van der Waals surface area (Å²) in [7, 11) is 1.49. The molecule has 1 unspecified atom stereocenters. The molecule has 152 valence electrons. The van der Waals surface area contributed by atoms with Crippen molar-refractivity contribution in [1.29, 1.82) is 0 Å². The van der Waals surface area contributed by atoms with E-state index in [0.717, 1.165) is 5.56 Å². The van der Waals surface area contributed by atoms with E-state index < -0.39 is 23.8 Å². The van der Waals surface area contributed by atoms with E-state index in [-0.39, 0.29) is 6.54 Å². The van der Waals surface area contributed by atoms with E-state index in [9.17, 15) is 14.4 Å². The van der Waals surface area contributed by atoms with Gasteiger partial charge in [0.15, 0.2) is 0 Å². The third-order valence-electron chi connectivity index (χ3n) is 3.92. The number of amides is 3. The second kappa shape index (κ2) is 10.6. The molecule has 0 heterocycles. The SMILES string of the molecule is CC(NC(=O)/C=C/c1ccccc1)C(=O)N(C)CC(=O)Nc1ccc(Cl)c(Cl)c1. The third kappa shape index (κ3) is 7.25. The molecule has 0 aromatic heterocycles. The predicted octanol–water partition coefficient (Wildman–Crippen LogP) is 3.61. The van der Waals surface area contributed by atoms with Gasteiger partial charge in [-0.1, -0.05) is 53.5 Å². The van der Waals surface area contributed by atoms with Crippen LogP contribution in [0.15, 0.2) is 54.6 Å². The van der Waals surface area contributed by atoms with Crippen molar-refractivity contribution in [3.8, 4) is 0 Å². The molecule has 8 heteroatoms. The van der Waals surface area contributed by atoms with Crippen molar-refractivity contribution in [3.05, 3.63) is 70.2 Å². The molecule has 2 rings (SSSR count). The van der Waals surface area contributed by atoms with E-state index in [1.54, 1.807) is 25.1 Å². The van der Waals surface area contributed by atoms with E-state index in [0.29, 0.717) is 15.7 Å². The van der Waals surface area contributed by atoms with Gasteiger partial charge >= 0.3 is 0 Å². The van der Waals surface area contributed by atoms with E-state index in [1.807, 2.05) is 30.3 Å². The summed E-state index contributed by atoms with van der Waals surface area (Å²) in [6.07, 6.45) is 3.01. The van der Waals surface area contributed by atoms with Gasteiger partial charge < -0.3 is 15.5 Å². The fourth-order valence-corrected chi connectivity index (χ4v) is 2.76. The Labute approximate surface area is 179 Å². The van der Waals surface area contributed by atoms with Crippen molar-refractivity contribution in [3.63, 3.8) is 0 Å². The largest absolute Gasteiger partial charge is 0.341 e. The lowest BCUT2D eigenvalue weighted by Crippen LogP contribution is -2.47. The molecule has 1 atom stereocenters. The lowest BCUT2D eigenvalue weighted by Gasteiger charge is -2.21. The maximum Gasteiger partial charge on any atom is 0.245 e. The molecule has 2 N–H and O–H groups in total. The Morgan fingerprint density at radius 2 is 1.76 bits per heavy atom. The number of carbonyl (C=O) groups excluding carboxylic acids is 3. The number of rotatable bonds is 7. The summed E-state index contributed by atoms with van der Waals surface area (Å²) in [6.45, 7) is 1.38. The van der Waals surface area contributed by atoms with Gasteiger partial charge in [-0.15, -0.1) is 0 Å². The fourth-order valence-electron chi connectivity index (χ4n) is 2.46. The number of nitrogens with zero attached hydrogens (tertiary/aromatic N) is 1. The molecule has 0 saturated carbocycles. The number of hydrogen-bond acceptors (Lipinski definition) is 3. The Hall–Kier alpha value is -2.83. The molecule has 0 aliphatic carbocycles. The summed E-state index contributed by atoms with van der Waals surface area (Å²) in [5, 5.41) is 5.92. The zero-order chi connectivity index (χ0) is 21.4. The van der Waals surface area contributed by atoms with E-state index >= 15 is 0 Å². The number of halogens is 2. The van der Waals surface area contributed by atoms with Crippen LogP contribution in [-0.2, 0) is 14.4 Å². The van der Waals surface area contributed by atoms with E-state index in [4.69, 9.17) is 23.2 Å². The first-order valence-electron chi connectivity index (χ1n) is 8.80. The average molecular weight is 434 g/mol. The molecule has 0 radical (unpaired) electrons. The van der Waals surface area contributed by atoms with Gasteiger partial charge in [-0.25, -0.2) is 0 Å². The monoisotopic (exact) mass is 433 g/mol. The number of carbonyl (C=O) groups is 3. The van der Waals surface area contributed by atoms with Crippen molar-refractivity contribution in [2.24, 2.45) is 0 Å². The number of benzene rings is 2. The zero-order valence-corrected chi connectivity index (χ0v) is 17.5. The normalized spacial score (nSPS) is 11.7. The first-order chi connectivity index (χ1) is 13.8. The van der Waals surface area contributed by atoms with Crippen LogP contribution in [0.4, 0.5) is 5.69 Å². The smallest absolute Gasteiger partial charge is 0.245 e. The van der Waals surface area contributed by atoms with Gasteiger partial charge in [0.05, 0.1) is 16.6 Å². The number of hydrogen-bond donors (Lipinski definition) is 2. The van der Waals surface area contributed by atoms with Gasteiger partial charge in [0, 0.05) is 18.8 Å². The molecular formula is C21H21Cl2N3O3. The lowest BCUT2D eigenvalue weighted by atomic mass is 10.2. The van der Waals surface area contributed by atoms with Gasteiger partial charge in [0.25, 0.3) is 0 Å². The topological polar surface area (TPSA) is 78.5 Å². The average Bonchev–Trinajstić information content (AvgIpc) is 2.69. The van der Waals surface area contributed by atoms with Gasteiger partial charge in [0.1, 0.15) is 6.04 Å². The van der Waals surface area contributed by atoms with Crippen LogP contribution in [0.3, 0.4) is 0 Å². The van der Waals surface area contributed by atoms with Crippen LogP contribution in [0.2, 0.25) is 10.0 Å². The van der Waals surface area contributed by atoms with Crippen molar-refractivity contribution in [1.82, 2.24) is 10.2 Å². The zero-order valence-electron chi connectivity index (χ0n) is 16.0. The Balaban J connectivity index is 1.84. The van der Waals surface area contributed by atoms with Crippen LogP contribution in [0.5, 0.6) is 0 Å². The Morgan fingerprint density at radius 3 is 2.41 bits per heavy atom. The van der Waals surface area contributed by atoms with Gasteiger partial charge in [-0.05, 0) is 36.8 Å². The minimum Gasteiger partial charge on any atom is -0.341 e.